The van der Waals surface area contributed by atoms with Crippen molar-refractivity contribution in [3.8, 4) is 34.4 Å². The molecule has 1 aliphatic rings. The lowest BCUT2D eigenvalue weighted by atomic mass is 9.97. The maximum atomic E-state index is 13.2. The molecule has 0 bridgehead atoms. The number of aromatic nitrogens is 3. The number of carbonyl (C=O) groups is 1. The Balaban J connectivity index is 1.12. The van der Waals surface area contributed by atoms with E-state index < -0.39 is 0 Å². The largest absolute Gasteiger partial charge is 0.360 e. The van der Waals surface area contributed by atoms with Gasteiger partial charge in [0.15, 0.2) is 0 Å². The predicted octanol–water partition coefficient (Wildman–Crippen LogP) is 6.59. The maximum Gasteiger partial charge on any atom is 0.255 e. The average Bonchev–Trinajstić information content (AvgIpc) is 3.64. The summed E-state index contributed by atoms with van der Waals surface area (Å²) in [5.74, 6) is 7.32. The van der Waals surface area contributed by atoms with Crippen molar-refractivity contribution in [3.63, 3.8) is 0 Å². The number of likely N-dealkylation sites (tertiary alicyclic amines) is 1. The lowest BCUT2D eigenvalue weighted by molar-refractivity contribution is 0.0712. The summed E-state index contributed by atoms with van der Waals surface area (Å²) in [4.78, 5) is 24.4. The summed E-state index contributed by atoms with van der Waals surface area (Å²) in [7, 11) is 0. The van der Waals surface area contributed by atoms with Crippen LogP contribution in [0.5, 0.6) is 0 Å². The summed E-state index contributed by atoms with van der Waals surface area (Å²) in [6.07, 6.45) is 5.06. The van der Waals surface area contributed by atoms with Crippen molar-refractivity contribution in [1.29, 1.82) is 0 Å². The van der Waals surface area contributed by atoms with E-state index in [1.807, 2.05) is 78.6 Å². The highest BCUT2D eigenvalue weighted by atomic mass is 32.1. The van der Waals surface area contributed by atoms with Gasteiger partial charge in [-0.1, -0.05) is 65.5 Å². The van der Waals surface area contributed by atoms with Gasteiger partial charge >= 0.3 is 0 Å². The van der Waals surface area contributed by atoms with Crippen molar-refractivity contribution in [2.24, 2.45) is 0 Å². The van der Waals surface area contributed by atoms with E-state index in [9.17, 15) is 4.79 Å². The molecule has 39 heavy (non-hydrogen) atoms. The SMILES string of the molecule is Cc1onc(-c2ccccc2)c1-c1csc(C2CCN(C(=O)c3cncc(C#Cc4ccccc4)c3)CC2)n1. The number of thiazole rings is 1. The van der Waals surface area contributed by atoms with E-state index in [1.54, 1.807) is 23.7 Å². The molecular weight excluding hydrogens is 504 g/mol. The average molecular weight is 531 g/mol. The molecule has 0 N–H and O–H groups in total. The number of pyridine rings is 1. The summed E-state index contributed by atoms with van der Waals surface area (Å²) in [5, 5.41) is 7.49. The molecule has 192 valence electrons. The normalized spacial score (nSPS) is 13.6. The van der Waals surface area contributed by atoms with Crippen molar-refractivity contribution >= 4 is 17.2 Å². The van der Waals surface area contributed by atoms with E-state index >= 15 is 0 Å². The lowest BCUT2D eigenvalue weighted by Crippen LogP contribution is -2.38. The second-order valence-electron chi connectivity index (χ2n) is 9.54. The number of rotatable bonds is 4. The number of piperidine rings is 1. The smallest absolute Gasteiger partial charge is 0.255 e. The zero-order valence-corrected chi connectivity index (χ0v) is 22.3. The van der Waals surface area contributed by atoms with E-state index in [0.717, 1.165) is 57.3 Å². The molecule has 1 aliphatic heterocycles. The molecule has 0 spiro atoms. The summed E-state index contributed by atoms with van der Waals surface area (Å²) >= 11 is 1.67. The first-order chi connectivity index (χ1) is 19.2. The van der Waals surface area contributed by atoms with Crippen LogP contribution in [0.4, 0.5) is 0 Å². The van der Waals surface area contributed by atoms with Gasteiger partial charge in [0, 0.05) is 53.5 Å². The van der Waals surface area contributed by atoms with Crippen LogP contribution in [0.1, 0.15) is 51.0 Å². The second-order valence-corrected chi connectivity index (χ2v) is 10.4. The number of nitrogens with zero attached hydrogens (tertiary/aromatic N) is 4. The highest BCUT2D eigenvalue weighted by Gasteiger charge is 2.28. The highest BCUT2D eigenvalue weighted by molar-refractivity contribution is 7.10. The zero-order chi connectivity index (χ0) is 26.6. The minimum absolute atomic E-state index is 0.00302. The standard InChI is InChI=1S/C32H26N4O2S/c1-22-29(30(35-38-22)25-10-6-3-7-11-25)28-21-39-31(34-28)26-14-16-36(17-15-26)32(37)27-18-24(19-33-20-27)13-12-23-8-4-2-5-9-23/h2-11,18-21,26H,14-17H2,1H3. The van der Waals surface area contributed by atoms with Crippen LogP contribution in [0.2, 0.25) is 0 Å². The summed E-state index contributed by atoms with van der Waals surface area (Å²) in [5.41, 5.74) is 5.89. The molecule has 2 aromatic carbocycles. The van der Waals surface area contributed by atoms with Gasteiger partial charge in [0.2, 0.25) is 0 Å². The molecular formula is C32H26N4O2S. The fourth-order valence-electron chi connectivity index (χ4n) is 4.86. The molecule has 0 aliphatic carbocycles. The molecule has 0 radical (unpaired) electrons. The Bertz CT molecular complexity index is 1660. The Labute approximate surface area is 231 Å². The summed E-state index contributed by atoms with van der Waals surface area (Å²) in [6, 6.07) is 21.7. The monoisotopic (exact) mass is 530 g/mol. The number of carbonyl (C=O) groups excluding carboxylic acids is 1. The van der Waals surface area contributed by atoms with Gasteiger partial charge in [-0.3, -0.25) is 9.78 Å². The molecule has 1 amide bonds. The fourth-order valence-corrected chi connectivity index (χ4v) is 5.84. The van der Waals surface area contributed by atoms with Gasteiger partial charge < -0.3 is 9.42 Å². The van der Waals surface area contributed by atoms with Gasteiger partial charge in [-0.15, -0.1) is 11.3 Å². The second kappa shape index (κ2) is 11.1. The third kappa shape index (κ3) is 5.38. The molecule has 6 rings (SSSR count). The molecule has 1 saturated heterocycles. The third-order valence-corrected chi connectivity index (χ3v) is 7.94. The summed E-state index contributed by atoms with van der Waals surface area (Å²) in [6.45, 7) is 3.29. The van der Waals surface area contributed by atoms with Crippen molar-refractivity contribution in [2.75, 3.05) is 13.1 Å². The Hall–Kier alpha value is -4.54. The first-order valence-corrected chi connectivity index (χ1v) is 13.8. The molecule has 0 saturated carbocycles. The van der Waals surface area contributed by atoms with Crippen molar-refractivity contribution < 1.29 is 9.32 Å². The number of amides is 1. The van der Waals surface area contributed by atoms with Crippen LogP contribution >= 0.6 is 11.3 Å². The van der Waals surface area contributed by atoms with Gasteiger partial charge in [-0.2, -0.15) is 0 Å². The minimum Gasteiger partial charge on any atom is -0.360 e. The van der Waals surface area contributed by atoms with E-state index in [1.165, 1.54) is 0 Å². The van der Waals surface area contributed by atoms with Crippen molar-refractivity contribution in [3.05, 3.63) is 112 Å². The lowest BCUT2D eigenvalue weighted by Gasteiger charge is -2.31. The number of hydrogen-bond donors (Lipinski definition) is 0. The quantitative estimate of drug-likeness (QED) is 0.245. The zero-order valence-electron chi connectivity index (χ0n) is 21.5. The molecule has 0 atom stereocenters. The number of aryl methyl sites for hydroxylation is 1. The van der Waals surface area contributed by atoms with Crippen LogP contribution in [0.15, 0.2) is 89.0 Å². The Morgan fingerprint density at radius 1 is 0.974 bits per heavy atom. The van der Waals surface area contributed by atoms with Gasteiger partial charge in [-0.05, 0) is 38.0 Å². The van der Waals surface area contributed by atoms with Gasteiger partial charge in [0.1, 0.15) is 11.5 Å². The topological polar surface area (TPSA) is 72.1 Å². The first kappa shape index (κ1) is 24.8. The molecule has 4 heterocycles. The van der Waals surface area contributed by atoms with Crippen LogP contribution in [-0.2, 0) is 0 Å². The van der Waals surface area contributed by atoms with Crippen LogP contribution in [0.3, 0.4) is 0 Å². The van der Waals surface area contributed by atoms with Gasteiger partial charge in [0.25, 0.3) is 5.91 Å². The highest BCUT2D eigenvalue weighted by Crippen LogP contribution is 2.38. The maximum absolute atomic E-state index is 13.2. The third-order valence-electron chi connectivity index (χ3n) is 6.93. The Morgan fingerprint density at radius 3 is 2.46 bits per heavy atom. The van der Waals surface area contributed by atoms with Gasteiger partial charge in [0.05, 0.1) is 21.8 Å². The Morgan fingerprint density at radius 2 is 1.69 bits per heavy atom. The van der Waals surface area contributed by atoms with Gasteiger partial charge in [-0.25, -0.2) is 4.98 Å². The van der Waals surface area contributed by atoms with Crippen molar-refractivity contribution in [2.45, 2.75) is 25.7 Å². The minimum atomic E-state index is -0.00302. The summed E-state index contributed by atoms with van der Waals surface area (Å²) < 4.78 is 5.54. The van der Waals surface area contributed by atoms with E-state index in [-0.39, 0.29) is 5.91 Å². The van der Waals surface area contributed by atoms with Crippen LogP contribution in [-0.4, -0.2) is 39.0 Å². The first-order valence-electron chi connectivity index (χ1n) is 12.9. The molecule has 5 aromatic rings. The molecule has 7 heteroatoms. The molecule has 6 nitrogen and oxygen atoms in total. The Kier molecular flexibility index (Phi) is 7.03. The van der Waals surface area contributed by atoms with E-state index in [0.29, 0.717) is 24.6 Å². The number of benzene rings is 2. The van der Waals surface area contributed by atoms with Crippen LogP contribution in [0.25, 0.3) is 22.5 Å². The van der Waals surface area contributed by atoms with Crippen LogP contribution < -0.4 is 0 Å². The van der Waals surface area contributed by atoms with Crippen LogP contribution in [0, 0.1) is 18.8 Å². The fraction of sp³-hybridized carbons (Fsp3) is 0.188. The van der Waals surface area contributed by atoms with E-state index in [4.69, 9.17) is 9.51 Å². The molecule has 1 fully saturated rings. The molecule has 0 unspecified atom stereocenters. The predicted molar refractivity (Wildman–Crippen MR) is 152 cm³/mol. The number of hydrogen-bond acceptors (Lipinski definition) is 6. The molecule has 3 aromatic heterocycles. The van der Waals surface area contributed by atoms with Crippen molar-refractivity contribution in [1.82, 2.24) is 20.0 Å². The van der Waals surface area contributed by atoms with E-state index in [2.05, 4.69) is 27.4 Å².